The van der Waals surface area contributed by atoms with Gasteiger partial charge in [0, 0.05) is 13.2 Å². The number of rotatable bonds is 4. The van der Waals surface area contributed by atoms with E-state index in [4.69, 9.17) is 4.74 Å². The quantitative estimate of drug-likeness (QED) is 0.943. The van der Waals surface area contributed by atoms with E-state index < -0.39 is 24.3 Å². The second-order valence-electron chi connectivity index (χ2n) is 4.27. The molecule has 1 amide bonds. The Kier molecular flexibility index (Phi) is 4.15. The molecule has 2 rings (SSSR count). The zero-order valence-electron chi connectivity index (χ0n) is 11.0. The van der Waals surface area contributed by atoms with E-state index in [1.165, 1.54) is 23.0 Å². The molecule has 2 aromatic rings. The highest BCUT2D eigenvalue weighted by molar-refractivity contribution is 5.91. The van der Waals surface area contributed by atoms with Crippen LogP contribution in [0.1, 0.15) is 5.56 Å². The molecule has 21 heavy (non-hydrogen) atoms. The SMILES string of the molecule is Cn1cc(NC(=O)COc2cccc(C(F)(F)F)c2)cn1. The van der Waals surface area contributed by atoms with Crippen molar-refractivity contribution in [3.63, 3.8) is 0 Å². The first-order valence-corrected chi connectivity index (χ1v) is 5.93. The Morgan fingerprint density at radius 1 is 1.43 bits per heavy atom. The maximum atomic E-state index is 12.5. The summed E-state index contributed by atoms with van der Waals surface area (Å²) in [6, 6.07) is 4.35. The van der Waals surface area contributed by atoms with Crippen molar-refractivity contribution in [3.05, 3.63) is 42.2 Å². The van der Waals surface area contributed by atoms with E-state index in [0.717, 1.165) is 12.1 Å². The van der Waals surface area contributed by atoms with E-state index in [1.54, 1.807) is 13.2 Å². The van der Waals surface area contributed by atoms with Gasteiger partial charge in [-0.05, 0) is 18.2 Å². The number of amides is 1. The fourth-order valence-electron chi connectivity index (χ4n) is 1.59. The van der Waals surface area contributed by atoms with Gasteiger partial charge < -0.3 is 10.1 Å². The number of carbonyl (C=O) groups is 1. The zero-order chi connectivity index (χ0) is 15.5. The minimum absolute atomic E-state index is 0.0221. The molecule has 0 saturated carbocycles. The molecule has 1 aromatic carbocycles. The van der Waals surface area contributed by atoms with Gasteiger partial charge in [0.1, 0.15) is 5.75 Å². The average Bonchev–Trinajstić information content (AvgIpc) is 2.81. The summed E-state index contributed by atoms with van der Waals surface area (Å²) >= 11 is 0. The normalized spacial score (nSPS) is 11.2. The van der Waals surface area contributed by atoms with E-state index in [2.05, 4.69) is 10.4 Å². The average molecular weight is 299 g/mol. The number of benzene rings is 1. The van der Waals surface area contributed by atoms with Gasteiger partial charge in [0.05, 0.1) is 17.4 Å². The lowest BCUT2D eigenvalue weighted by molar-refractivity contribution is -0.137. The van der Waals surface area contributed by atoms with Crippen molar-refractivity contribution in [2.75, 3.05) is 11.9 Å². The minimum atomic E-state index is -4.45. The smallest absolute Gasteiger partial charge is 0.416 e. The third-order valence-corrected chi connectivity index (χ3v) is 2.52. The molecule has 0 atom stereocenters. The van der Waals surface area contributed by atoms with Gasteiger partial charge in [-0.2, -0.15) is 18.3 Å². The highest BCUT2D eigenvalue weighted by Gasteiger charge is 2.30. The van der Waals surface area contributed by atoms with Crippen LogP contribution in [-0.4, -0.2) is 22.3 Å². The molecule has 0 aliphatic rings. The predicted molar refractivity (Wildman–Crippen MR) is 68.8 cm³/mol. The summed E-state index contributed by atoms with van der Waals surface area (Å²) in [7, 11) is 1.69. The number of carbonyl (C=O) groups excluding carboxylic acids is 1. The summed E-state index contributed by atoms with van der Waals surface area (Å²) in [4.78, 5) is 11.6. The number of halogens is 3. The number of anilines is 1. The highest BCUT2D eigenvalue weighted by Crippen LogP contribution is 2.31. The molecule has 1 aromatic heterocycles. The van der Waals surface area contributed by atoms with Gasteiger partial charge in [0.15, 0.2) is 6.61 Å². The lowest BCUT2D eigenvalue weighted by atomic mass is 10.2. The maximum Gasteiger partial charge on any atom is 0.416 e. The molecule has 1 heterocycles. The molecular weight excluding hydrogens is 287 g/mol. The van der Waals surface area contributed by atoms with Crippen LogP contribution in [0.4, 0.5) is 18.9 Å². The molecule has 0 unspecified atom stereocenters. The van der Waals surface area contributed by atoms with Crippen molar-refractivity contribution >= 4 is 11.6 Å². The first kappa shape index (κ1) is 14.9. The van der Waals surface area contributed by atoms with E-state index >= 15 is 0 Å². The van der Waals surface area contributed by atoms with Crippen molar-refractivity contribution in [1.82, 2.24) is 9.78 Å². The van der Waals surface area contributed by atoms with Crippen LogP contribution in [0.15, 0.2) is 36.7 Å². The topological polar surface area (TPSA) is 56.2 Å². The van der Waals surface area contributed by atoms with Gasteiger partial charge in [-0.3, -0.25) is 9.48 Å². The van der Waals surface area contributed by atoms with Crippen LogP contribution in [0.25, 0.3) is 0 Å². The number of hydrogen-bond donors (Lipinski definition) is 1. The molecule has 5 nitrogen and oxygen atoms in total. The van der Waals surface area contributed by atoms with Crippen LogP contribution in [0.5, 0.6) is 5.75 Å². The van der Waals surface area contributed by atoms with Crippen LogP contribution in [0.2, 0.25) is 0 Å². The number of alkyl halides is 3. The van der Waals surface area contributed by atoms with Crippen molar-refractivity contribution in [3.8, 4) is 5.75 Å². The first-order valence-electron chi connectivity index (χ1n) is 5.93. The number of ether oxygens (including phenoxy) is 1. The number of aromatic nitrogens is 2. The van der Waals surface area contributed by atoms with Crippen molar-refractivity contribution in [2.24, 2.45) is 7.05 Å². The predicted octanol–water partition coefficient (Wildman–Crippen LogP) is 2.46. The number of nitrogens with one attached hydrogen (secondary N) is 1. The number of aryl methyl sites for hydroxylation is 1. The molecule has 0 radical (unpaired) electrons. The van der Waals surface area contributed by atoms with E-state index in [1.807, 2.05) is 0 Å². The van der Waals surface area contributed by atoms with E-state index in [9.17, 15) is 18.0 Å². The summed E-state index contributed by atoms with van der Waals surface area (Å²) < 4.78 is 44.1. The van der Waals surface area contributed by atoms with Gasteiger partial charge in [0.2, 0.25) is 0 Å². The molecule has 1 N–H and O–H groups in total. The molecule has 0 bridgehead atoms. The Morgan fingerprint density at radius 2 is 2.19 bits per heavy atom. The largest absolute Gasteiger partial charge is 0.484 e. The van der Waals surface area contributed by atoms with Gasteiger partial charge >= 0.3 is 6.18 Å². The lowest BCUT2D eigenvalue weighted by Crippen LogP contribution is -2.20. The van der Waals surface area contributed by atoms with Gasteiger partial charge in [-0.1, -0.05) is 6.07 Å². The fourth-order valence-corrected chi connectivity index (χ4v) is 1.59. The summed E-state index contributed by atoms with van der Waals surface area (Å²) in [6.07, 6.45) is -1.41. The van der Waals surface area contributed by atoms with Crippen LogP contribution in [0.3, 0.4) is 0 Å². The minimum Gasteiger partial charge on any atom is -0.484 e. The molecule has 0 aliphatic heterocycles. The van der Waals surface area contributed by atoms with Crippen LogP contribution < -0.4 is 10.1 Å². The standard InChI is InChI=1S/C13H12F3N3O2/c1-19-7-10(6-17-19)18-12(20)8-21-11-4-2-3-9(5-11)13(14,15)16/h2-7H,8H2,1H3,(H,18,20). The Bertz CT molecular complexity index is 638. The Labute approximate surface area is 118 Å². The molecule has 0 saturated heterocycles. The van der Waals surface area contributed by atoms with E-state index in [0.29, 0.717) is 5.69 Å². The third kappa shape index (κ3) is 4.23. The molecular formula is C13H12F3N3O2. The molecule has 0 aliphatic carbocycles. The number of hydrogen-bond acceptors (Lipinski definition) is 3. The highest BCUT2D eigenvalue weighted by atomic mass is 19.4. The fraction of sp³-hybridized carbons (Fsp3) is 0.231. The Balaban J connectivity index is 1.92. The van der Waals surface area contributed by atoms with Crippen LogP contribution in [-0.2, 0) is 18.0 Å². The van der Waals surface area contributed by atoms with Gasteiger partial charge in [0.25, 0.3) is 5.91 Å². The Hall–Kier alpha value is -2.51. The molecule has 8 heteroatoms. The molecule has 0 fully saturated rings. The van der Waals surface area contributed by atoms with E-state index in [-0.39, 0.29) is 5.75 Å². The second-order valence-corrected chi connectivity index (χ2v) is 4.27. The van der Waals surface area contributed by atoms with Gasteiger partial charge in [-0.15, -0.1) is 0 Å². The summed E-state index contributed by atoms with van der Waals surface area (Å²) in [6.45, 7) is -0.393. The first-order chi connectivity index (χ1) is 9.84. The molecule has 0 spiro atoms. The Morgan fingerprint density at radius 3 is 2.81 bits per heavy atom. The third-order valence-electron chi connectivity index (χ3n) is 2.52. The maximum absolute atomic E-state index is 12.5. The van der Waals surface area contributed by atoms with Crippen molar-refractivity contribution < 1.29 is 22.7 Å². The summed E-state index contributed by atoms with van der Waals surface area (Å²) in [5, 5.41) is 6.37. The summed E-state index contributed by atoms with van der Waals surface area (Å²) in [5.74, 6) is -0.508. The summed E-state index contributed by atoms with van der Waals surface area (Å²) in [5.41, 5.74) is -0.345. The van der Waals surface area contributed by atoms with Gasteiger partial charge in [-0.25, -0.2) is 0 Å². The monoisotopic (exact) mass is 299 g/mol. The molecule has 112 valence electrons. The van der Waals surface area contributed by atoms with Crippen molar-refractivity contribution in [1.29, 1.82) is 0 Å². The van der Waals surface area contributed by atoms with Crippen LogP contribution in [0, 0.1) is 0 Å². The van der Waals surface area contributed by atoms with Crippen LogP contribution >= 0.6 is 0 Å². The number of nitrogens with zero attached hydrogens (tertiary/aromatic N) is 2. The van der Waals surface area contributed by atoms with Crippen molar-refractivity contribution in [2.45, 2.75) is 6.18 Å². The second kappa shape index (κ2) is 5.86. The zero-order valence-corrected chi connectivity index (χ0v) is 11.0. The lowest BCUT2D eigenvalue weighted by Gasteiger charge is -2.10.